The Labute approximate surface area is 122 Å². The number of nitrogens with zero attached hydrogens (tertiary/aromatic N) is 4. The van der Waals surface area contributed by atoms with Crippen LogP contribution in [0.5, 0.6) is 0 Å². The zero-order valence-electron chi connectivity index (χ0n) is 11.8. The SMILES string of the molecule is O=C(NO)c1nc2n(n1)CCN(C(=O)CC1CCCC1)C2. The number of carbonyl (C=O) groups is 2. The topological polar surface area (TPSA) is 100 Å². The van der Waals surface area contributed by atoms with Gasteiger partial charge in [-0.05, 0) is 18.8 Å². The third-order valence-corrected chi connectivity index (χ3v) is 4.26. The maximum Gasteiger partial charge on any atom is 0.314 e. The first kappa shape index (κ1) is 14.0. The van der Waals surface area contributed by atoms with Crippen molar-refractivity contribution < 1.29 is 14.8 Å². The van der Waals surface area contributed by atoms with Crippen molar-refractivity contribution in [2.24, 2.45) is 5.92 Å². The van der Waals surface area contributed by atoms with Crippen LogP contribution in [0, 0.1) is 5.92 Å². The molecule has 8 heteroatoms. The normalized spacial score (nSPS) is 18.6. The molecular weight excluding hydrogens is 274 g/mol. The summed E-state index contributed by atoms with van der Waals surface area (Å²) >= 11 is 0. The minimum Gasteiger partial charge on any atom is -0.333 e. The van der Waals surface area contributed by atoms with Crippen molar-refractivity contribution in [3.05, 3.63) is 11.6 Å². The van der Waals surface area contributed by atoms with Gasteiger partial charge >= 0.3 is 5.91 Å². The van der Waals surface area contributed by atoms with Crippen LogP contribution in [0.1, 0.15) is 48.5 Å². The molecule has 0 radical (unpaired) electrons. The second kappa shape index (κ2) is 5.80. The van der Waals surface area contributed by atoms with E-state index in [2.05, 4.69) is 10.1 Å². The van der Waals surface area contributed by atoms with Crippen LogP contribution in [0.4, 0.5) is 0 Å². The van der Waals surface area contributed by atoms with Crippen molar-refractivity contribution in [1.82, 2.24) is 25.1 Å². The highest BCUT2D eigenvalue weighted by Gasteiger charge is 2.27. The Bertz CT molecular complexity index is 550. The van der Waals surface area contributed by atoms with Gasteiger partial charge in [0.2, 0.25) is 11.7 Å². The van der Waals surface area contributed by atoms with Crippen molar-refractivity contribution in [2.75, 3.05) is 6.54 Å². The average molecular weight is 293 g/mol. The molecule has 0 unspecified atom stereocenters. The summed E-state index contributed by atoms with van der Waals surface area (Å²) in [5.74, 6) is 0.454. The zero-order chi connectivity index (χ0) is 14.8. The van der Waals surface area contributed by atoms with Crippen LogP contribution in [0.3, 0.4) is 0 Å². The Morgan fingerprint density at radius 1 is 1.29 bits per heavy atom. The number of rotatable bonds is 3. The molecule has 1 saturated carbocycles. The Morgan fingerprint density at radius 3 is 2.76 bits per heavy atom. The van der Waals surface area contributed by atoms with Gasteiger partial charge in [-0.25, -0.2) is 15.1 Å². The number of aromatic nitrogens is 3. The average Bonchev–Trinajstić information content (AvgIpc) is 3.14. The molecule has 0 bridgehead atoms. The lowest BCUT2D eigenvalue weighted by Gasteiger charge is -2.27. The summed E-state index contributed by atoms with van der Waals surface area (Å²) in [5, 5.41) is 12.6. The number of carbonyl (C=O) groups excluding carboxylic acids is 2. The largest absolute Gasteiger partial charge is 0.333 e. The van der Waals surface area contributed by atoms with Crippen molar-refractivity contribution in [3.8, 4) is 0 Å². The smallest absolute Gasteiger partial charge is 0.314 e. The van der Waals surface area contributed by atoms with Crippen molar-refractivity contribution in [2.45, 2.75) is 45.2 Å². The second-order valence-electron chi connectivity index (χ2n) is 5.69. The fraction of sp³-hybridized carbons (Fsp3) is 0.692. The first-order valence-corrected chi connectivity index (χ1v) is 7.33. The Balaban J connectivity index is 1.64. The van der Waals surface area contributed by atoms with Crippen LogP contribution in [0.15, 0.2) is 0 Å². The molecule has 1 fully saturated rings. The van der Waals surface area contributed by atoms with Crippen LogP contribution in [-0.2, 0) is 17.9 Å². The third kappa shape index (κ3) is 2.90. The monoisotopic (exact) mass is 293 g/mol. The first-order chi connectivity index (χ1) is 10.2. The maximum atomic E-state index is 12.3. The molecule has 21 heavy (non-hydrogen) atoms. The van der Waals surface area contributed by atoms with E-state index in [0.717, 1.165) is 12.8 Å². The van der Waals surface area contributed by atoms with Crippen molar-refractivity contribution in [1.29, 1.82) is 0 Å². The molecule has 3 rings (SSSR count). The van der Waals surface area contributed by atoms with Gasteiger partial charge in [0, 0.05) is 13.0 Å². The zero-order valence-corrected chi connectivity index (χ0v) is 11.8. The molecule has 8 nitrogen and oxygen atoms in total. The standard InChI is InChI=1S/C13H19N5O3/c19-11(7-9-3-1-2-4-9)17-5-6-18-10(8-17)14-12(15-18)13(20)16-21/h9,21H,1-8H2,(H,16,20). The number of amides is 2. The molecule has 0 atom stereocenters. The number of fused-ring (bicyclic) bond motifs is 1. The summed E-state index contributed by atoms with van der Waals surface area (Å²) in [4.78, 5) is 29.5. The Kier molecular flexibility index (Phi) is 3.87. The number of hydrogen-bond donors (Lipinski definition) is 2. The predicted molar refractivity (Wildman–Crippen MR) is 71.3 cm³/mol. The number of hydroxylamine groups is 1. The third-order valence-electron chi connectivity index (χ3n) is 4.26. The Morgan fingerprint density at radius 2 is 2.05 bits per heavy atom. The number of hydrogen-bond acceptors (Lipinski definition) is 5. The molecule has 114 valence electrons. The molecule has 2 amide bonds. The maximum absolute atomic E-state index is 12.3. The van der Waals surface area contributed by atoms with E-state index < -0.39 is 5.91 Å². The van der Waals surface area contributed by atoms with Crippen molar-refractivity contribution >= 4 is 11.8 Å². The van der Waals surface area contributed by atoms with Gasteiger partial charge in [-0.1, -0.05) is 12.8 Å². The summed E-state index contributed by atoms with van der Waals surface area (Å²) in [6, 6.07) is 0. The number of nitrogens with one attached hydrogen (secondary N) is 1. The minimum atomic E-state index is -0.735. The molecule has 0 aromatic carbocycles. The van der Waals surface area contributed by atoms with Gasteiger partial charge < -0.3 is 4.90 Å². The molecule has 1 aromatic heterocycles. The van der Waals surface area contributed by atoms with Gasteiger partial charge in [-0.2, -0.15) is 0 Å². The van der Waals surface area contributed by atoms with Crippen LogP contribution in [0.25, 0.3) is 0 Å². The van der Waals surface area contributed by atoms with E-state index in [1.807, 2.05) is 0 Å². The van der Waals surface area contributed by atoms with E-state index in [4.69, 9.17) is 5.21 Å². The highest BCUT2D eigenvalue weighted by molar-refractivity contribution is 5.89. The molecule has 0 spiro atoms. The summed E-state index contributed by atoms with van der Waals surface area (Å²) < 4.78 is 1.62. The van der Waals surface area contributed by atoms with Crippen LogP contribution in [0.2, 0.25) is 0 Å². The molecule has 2 N–H and O–H groups in total. The van der Waals surface area contributed by atoms with E-state index in [1.165, 1.54) is 18.3 Å². The van der Waals surface area contributed by atoms with Gasteiger partial charge in [0.05, 0.1) is 13.1 Å². The lowest BCUT2D eigenvalue weighted by atomic mass is 10.0. The minimum absolute atomic E-state index is 0.0717. The van der Waals surface area contributed by atoms with Gasteiger partial charge in [0.15, 0.2) is 0 Å². The van der Waals surface area contributed by atoms with Gasteiger partial charge in [-0.15, -0.1) is 5.10 Å². The molecular formula is C13H19N5O3. The van der Waals surface area contributed by atoms with E-state index in [-0.39, 0.29) is 11.7 Å². The van der Waals surface area contributed by atoms with Gasteiger partial charge in [-0.3, -0.25) is 14.8 Å². The van der Waals surface area contributed by atoms with Crippen LogP contribution in [-0.4, -0.2) is 43.2 Å². The molecule has 0 saturated heterocycles. The lowest BCUT2D eigenvalue weighted by molar-refractivity contribution is -0.133. The summed E-state index contributed by atoms with van der Waals surface area (Å²) in [6.07, 6.45) is 5.36. The van der Waals surface area contributed by atoms with Crippen molar-refractivity contribution in [3.63, 3.8) is 0 Å². The first-order valence-electron chi connectivity index (χ1n) is 7.33. The fourth-order valence-electron chi connectivity index (χ4n) is 3.09. The quantitative estimate of drug-likeness (QED) is 0.617. The van der Waals surface area contributed by atoms with E-state index in [9.17, 15) is 9.59 Å². The van der Waals surface area contributed by atoms with E-state index >= 15 is 0 Å². The van der Waals surface area contributed by atoms with E-state index in [0.29, 0.717) is 37.8 Å². The van der Waals surface area contributed by atoms with E-state index in [1.54, 1.807) is 9.58 Å². The highest BCUT2D eigenvalue weighted by Crippen LogP contribution is 2.28. The Hall–Kier alpha value is -1.96. The second-order valence-corrected chi connectivity index (χ2v) is 5.69. The lowest BCUT2D eigenvalue weighted by Crippen LogP contribution is -2.39. The summed E-state index contributed by atoms with van der Waals surface area (Å²) in [5.41, 5.74) is 1.51. The molecule has 1 aliphatic heterocycles. The predicted octanol–water partition coefficient (Wildman–Crippen LogP) is 0.320. The molecule has 1 aliphatic carbocycles. The molecule has 2 heterocycles. The highest BCUT2D eigenvalue weighted by atomic mass is 16.5. The van der Waals surface area contributed by atoms with Crippen LogP contribution < -0.4 is 5.48 Å². The van der Waals surface area contributed by atoms with Gasteiger partial charge in [0.1, 0.15) is 5.82 Å². The summed E-state index contributed by atoms with van der Waals surface area (Å²) in [7, 11) is 0. The van der Waals surface area contributed by atoms with Gasteiger partial charge in [0.25, 0.3) is 0 Å². The summed E-state index contributed by atoms with van der Waals surface area (Å²) in [6.45, 7) is 1.48. The fourth-order valence-corrected chi connectivity index (χ4v) is 3.09. The molecule has 2 aliphatic rings. The molecule has 1 aromatic rings. The van der Waals surface area contributed by atoms with Crippen LogP contribution >= 0.6 is 0 Å².